The van der Waals surface area contributed by atoms with Crippen LogP contribution in [0.25, 0.3) is 21.3 Å². The Bertz CT molecular complexity index is 989. The van der Waals surface area contributed by atoms with Gasteiger partial charge in [-0.2, -0.15) is 5.21 Å². The number of carbonyl (C=O) groups is 1. The van der Waals surface area contributed by atoms with E-state index in [4.69, 9.17) is 0 Å². The van der Waals surface area contributed by atoms with E-state index in [1.165, 1.54) is 11.3 Å². The Balaban J connectivity index is 1.59. The van der Waals surface area contributed by atoms with Crippen molar-refractivity contribution in [3.05, 3.63) is 59.4 Å². The molecular formula is C16H12N6OS. The van der Waals surface area contributed by atoms with Crippen molar-refractivity contribution in [1.29, 1.82) is 0 Å². The molecule has 0 bridgehead atoms. The van der Waals surface area contributed by atoms with E-state index in [9.17, 15) is 4.79 Å². The van der Waals surface area contributed by atoms with Crippen molar-refractivity contribution >= 4 is 28.0 Å². The summed E-state index contributed by atoms with van der Waals surface area (Å²) in [6, 6.07) is 14.2. The molecule has 2 aromatic carbocycles. The first-order valence-corrected chi connectivity index (χ1v) is 8.13. The molecule has 24 heavy (non-hydrogen) atoms. The second-order valence-electron chi connectivity index (χ2n) is 5.08. The SMILES string of the molecule is O=C(NCc1nn[nH]n1)c1csc(-c2cccc3ccccc23)n1. The standard InChI is InChI=1S/C16H12N6OS/c23-15(17-8-14-19-21-22-20-14)13-9-24-16(18-13)12-7-3-5-10-4-1-2-6-11(10)12/h1-7,9H,8H2,(H,17,23)(H,19,20,21,22). The number of amides is 1. The number of carbonyl (C=O) groups excluding carboxylic acids is 1. The average molecular weight is 336 g/mol. The third kappa shape index (κ3) is 2.74. The fourth-order valence-electron chi connectivity index (χ4n) is 2.42. The highest BCUT2D eigenvalue weighted by Gasteiger charge is 2.13. The van der Waals surface area contributed by atoms with Crippen LogP contribution in [0.15, 0.2) is 47.8 Å². The van der Waals surface area contributed by atoms with Gasteiger partial charge in [0.05, 0.1) is 6.54 Å². The summed E-state index contributed by atoms with van der Waals surface area (Å²) < 4.78 is 0. The van der Waals surface area contributed by atoms with Crippen LogP contribution >= 0.6 is 11.3 Å². The van der Waals surface area contributed by atoms with Gasteiger partial charge < -0.3 is 5.32 Å². The first-order chi connectivity index (χ1) is 11.8. The molecule has 0 aliphatic rings. The number of fused-ring (bicyclic) bond motifs is 1. The second-order valence-corrected chi connectivity index (χ2v) is 5.93. The van der Waals surface area contributed by atoms with Crippen molar-refractivity contribution < 1.29 is 4.79 Å². The number of nitrogens with one attached hydrogen (secondary N) is 2. The lowest BCUT2D eigenvalue weighted by molar-refractivity contribution is 0.0945. The van der Waals surface area contributed by atoms with E-state index in [2.05, 4.69) is 49.1 Å². The number of hydrogen-bond donors (Lipinski definition) is 2. The first-order valence-electron chi connectivity index (χ1n) is 7.25. The zero-order valence-corrected chi connectivity index (χ0v) is 13.2. The number of H-pyrrole nitrogens is 1. The van der Waals surface area contributed by atoms with Crippen molar-refractivity contribution in [2.75, 3.05) is 0 Å². The molecule has 4 rings (SSSR count). The molecule has 2 heterocycles. The molecule has 0 spiro atoms. The van der Waals surface area contributed by atoms with Crippen LogP contribution in [0.1, 0.15) is 16.3 Å². The monoisotopic (exact) mass is 336 g/mol. The number of aromatic nitrogens is 5. The largest absolute Gasteiger partial charge is 0.343 e. The van der Waals surface area contributed by atoms with Gasteiger partial charge in [0.2, 0.25) is 0 Å². The highest BCUT2D eigenvalue weighted by atomic mass is 32.1. The third-order valence-electron chi connectivity index (χ3n) is 3.55. The molecular weight excluding hydrogens is 324 g/mol. The van der Waals surface area contributed by atoms with Gasteiger partial charge in [0, 0.05) is 10.9 Å². The smallest absolute Gasteiger partial charge is 0.271 e. The van der Waals surface area contributed by atoms with E-state index in [1.807, 2.05) is 24.3 Å². The summed E-state index contributed by atoms with van der Waals surface area (Å²) in [5, 5.41) is 20.9. The molecule has 0 saturated carbocycles. The summed E-state index contributed by atoms with van der Waals surface area (Å²) >= 11 is 1.45. The van der Waals surface area contributed by atoms with Crippen molar-refractivity contribution in [3.63, 3.8) is 0 Å². The van der Waals surface area contributed by atoms with E-state index in [0.717, 1.165) is 21.3 Å². The lowest BCUT2D eigenvalue weighted by atomic mass is 10.1. The molecule has 7 nitrogen and oxygen atoms in total. The Hall–Kier alpha value is -3.13. The summed E-state index contributed by atoms with van der Waals surface area (Å²) in [5.74, 6) is 0.162. The number of tetrazole rings is 1. The van der Waals surface area contributed by atoms with Crippen LogP contribution in [0.5, 0.6) is 0 Å². The number of rotatable bonds is 4. The minimum absolute atomic E-state index is 0.205. The van der Waals surface area contributed by atoms with Crippen LogP contribution in [-0.4, -0.2) is 31.5 Å². The molecule has 1 amide bonds. The molecule has 0 radical (unpaired) electrons. The van der Waals surface area contributed by atoms with Crippen LogP contribution in [0.3, 0.4) is 0 Å². The van der Waals surface area contributed by atoms with E-state index >= 15 is 0 Å². The maximum atomic E-state index is 12.2. The third-order valence-corrected chi connectivity index (χ3v) is 4.43. The molecule has 8 heteroatoms. The topological polar surface area (TPSA) is 96.5 Å². The molecule has 4 aromatic rings. The van der Waals surface area contributed by atoms with Gasteiger partial charge in [-0.25, -0.2) is 4.98 Å². The number of aromatic amines is 1. The summed E-state index contributed by atoms with van der Waals surface area (Å²) in [4.78, 5) is 16.7. The molecule has 0 atom stereocenters. The van der Waals surface area contributed by atoms with Crippen LogP contribution in [0, 0.1) is 0 Å². The van der Waals surface area contributed by atoms with E-state index < -0.39 is 0 Å². The lowest BCUT2D eigenvalue weighted by Gasteiger charge is -2.03. The number of nitrogens with zero attached hydrogens (tertiary/aromatic N) is 4. The number of hydrogen-bond acceptors (Lipinski definition) is 6. The minimum atomic E-state index is -0.262. The maximum absolute atomic E-state index is 12.2. The molecule has 0 saturated heterocycles. The Morgan fingerprint density at radius 1 is 1.17 bits per heavy atom. The highest BCUT2D eigenvalue weighted by molar-refractivity contribution is 7.13. The highest BCUT2D eigenvalue weighted by Crippen LogP contribution is 2.30. The van der Waals surface area contributed by atoms with Gasteiger partial charge in [0.15, 0.2) is 5.82 Å². The maximum Gasteiger partial charge on any atom is 0.271 e. The molecule has 118 valence electrons. The Labute approximate surface area is 140 Å². The molecule has 0 aliphatic carbocycles. The molecule has 0 unspecified atom stereocenters. The summed E-state index contributed by atoms with van der Waals surface area (Å²) in [6.45, 7) is 0.205. The normalized spacial score (nSPS) is 10.8. The predicted molar refractivity (Wildman–Crippen MR) is 90.4 cm³/mol. The Morgan fingerprint density at radius 3 is 2.92 bits per heavy atom. The zero-order chi connectivity index (χ0) is 16.4. The summed E-state index contributed by atoms with van der Waals surface area (Å²) in [5.41, 5.74) is 1.40. The summed E-state index contributed by atoms with van der Waals surface area (Å²) in [7, 11) is 0. The minimum Gasteiger partial charge on any atom is -0.343 e. The van der Waals surface area contributed by atoms with E-state index in [0.29, 0.717) is 11.5 Å². The summed E-state index contributed by atoms with van der Waals surface area (Å²) in [6.07, 6.45) is 0. The van der Waals surface area contributed by atoms with Crippen LogP contribution < -0.4 is 5.32 Å². The first kappa shape index (κ1) is 14.5. The van der Waals surface area contributed by atoms with Crippen molar-refractivity contribution in [1.82, 2.24) is 30.9 Å². The molecule has 0 aliphatic heterocycles. The number of thiazole rings is 1. The average Bonchev–Trinajstić information content (AvgIpc) is 3.31. The van der Waals surface area contributed by atoms with Gasteiger partial charge in [-0.05, 0) is 10.8 Å². The van der Waals surface area contributed by atoms with Crippen molar-refractivity contribution in [2.24, 2.45) is 0 Å². The lowest BCUT2D eigenvalue weighted by Crippen LogP contribution is -2.23. The Kier molecular flexibility index (Phi) is 3.72. The quantitative estimate of drug-likeness (QED) is 0.596. The van der Waals surface area contributed by atoms with Crippen molar-refractivity contribution in [3.8, 4) is 10.6 Å². The molecule has 2 N–H and O–H groups in total. The van der Waals surface area contributed by atoms with Crippen LogP contribution in [0.2, 0.25) is 0 Å². The zero-order valence-electron chi connectivity index (χ0n) is 12.4. The van der Waals surface area contributed by atoms with Gasteiger partial charge in [0.1, 0.15) is 10.7 Å². The van der Waals surface area contributed by atoms with E-state index in [1.54, 1.807) is 5.38 Å². The van der Waals surface area contributed by atoms with E-state index in [-0.39, 0.29) is 12.5 Å². The predicted octanol–water partition coefficient (Wildman–Crippen LogP) is 2.41. The van der Waals surface area contributed by atoms with Crippen molar-refractivity contribution in [2.45, 2.75) is 6.54 Å². The number of benzene rings is 2. The molecule has 2 aromatic heterocycles. The van der Waals surface area contributed by atoms with Gasteiger partial charge in [-0.3, -0.25) is 4.79 Å². The fourth-order valence-corrected chi connectivity index (χ4v) is 3.26. The Morgan fingerprint density at radius 2 is 2.04 bits per heavy atom. The molecule has 0 fully saturated rings. The second kappa shape index (κ2) is 6.17. The fraction of sp³-hybridized carbons (Fsp3) is 0.0625. The van der Waals surface area contributed by atoms with Crippen LogP contribution in [0.4, 0.5) is 0 Å². The van der Waals surface area contributed by atoms with Gasteiger partial charge >= 0.3 is 0 Å². The van der Waals surface area contributed by atoms with Gasteiger partial charge in [0.25, 0.3) is 5.91 Å². The van der Waals surface area contributed by atoms with Crippen LogP contribution in [-0.2, 0) is 6.54 Å². The van der Waals surface area contributed by atoms with Gasteiger partial charge in [-0.15, -0.1) is 21.5 Å². The van der Waals surface area contributed by atoms with Gasteiger partial charge in [-0.1, -0.05) is 47.7 Å².